The summed E-state index contributed by atoms with van der Waals surface area (Å²) in [6.07, 6.45) is -1.08. The largest absolute Gasteiger partial charge is 0.459 e. The highest BCUT2D eigenvalue weighted by molar-refractivity contribution is 7.88. The maximum absolute atomic E-state index is 12.5. The van der Waals surface area contributed by atoms with Gasteiger partial charge in [-0.1, -0.05) is 30.3 Å². The van der Waals surface area contributed by atoms with Crippen LogP contribution in [0.4, 0.5) is 4.79 Å². The molecule has 9 heteroatoms. The van der Waals surface area contributed by atoms with Crippen LogP contribution in [0.5, 0.6) is 0 Å². The van der Waals surface area contributed by atoms with E-state index >= 15 is 0 Å². The summed E-state index contributed by atoms with van der Waals surface area (Å²) >= 11 is 0. The summed E-state index contributed by atoms with van der Waals surface area (Å²) in [4.78, 5) is 24.2. The number of ether oxygens (including phenoxy) is 2. The van der Waals surface area contributed by atoms with Gasteiger partial charge in [0.15, 0.2) is 0 Å². The zero-order chi connectivity index (χ0) is 20.9. The van der Waals surface area contributed by atoms with Gasteiger partial charge in [0.2, 0.25) is 0 Å². The zero-order valence-corrected chi connectivity index (χ0v) is 17.3. The molecule has 0 heterocycles. The third-order valence-electron chi connectivity index (χ3n) is 2.89. The third kappa shape index (κ3) is 9.95. The molecule has 2 N–H and O–H groups in total. The molecule has 0 aliphatic rings. The lowest BCUT2D eigenvalue weighted by Crippen LogP contribution is -2.51. The highest BCUT2D eigenvalue weighted by atomic mass is 32.2. The SMILES string of the molecule is CC(C)(C)OC(=O)NS(=O)(=O)NC(Cc1ccccc1)C(=O)OC(C)(C)C. The van der Waals surface area contributed by atoms with E-state index in [9.17, 15) is 18.0 Å². The second-order valence-corrected chi connectivity index (χ2v) is 9.45. The van der Waals surface area contributed by atoms with Gasteiger partial charge >= 0.3 is 22.3 Å². The smallest absolute Gasteiger partial charge is 0.422 e. The number of hydrogen-bond donors (Lipinski definition) is 2. The Hall–Kier alpha value is -2.13. The molecule has 0 bridgehead atoms. The van der Waals surface area contributed by atoms with E-state index in [-0.39, 0.29) is 6.42 Å². The summed E-state index contributed by atoms with van der Waals surface area (Å²) in [5.74, 6) is -0.749. The Balaban J connectivity index is 2.94. The molecule has 1 atom stereocenters. The molecule has 0 radical (unpaired) electrons. The number of carbonyl (C=O) groups excluding carboxylic acids is 2. The van der Waals surface area contributed by atoms with Crippen LogP contribution < -0.4 is 9.44 Å². The molecule has 27 heavy (non-hydrogen) atoms. The molecular formula is C18H28N2O6S. The Labute approximate surface area is 160 Å². The fourth-order valence-electron chi connectivity index (χ4n) is 2.02. The predicted molar refractivity (Wildman–Crippen MR) is 101 cm³/mol. The summed E-state index contributed by atoms with van der Waals surface area (Å²) in [5, 5.41) is 0. The third-order valence-corrected chi connectivity index (χ3v) is 3.92. The molecule has 1 aromatic carbocycles. The highest BCUT2D eigenvalue weighted by Crippen LogP contribution is 2.12. The van der Waals surface area contributed by atoms with E-state index in [1.165, 1.54) is 0 Å². The van der Waals surface area contributed by atoms with Gasteiger partial charge in [-0.2, -0.15) is 13.1 Å². The Kier molecular flexibility index (Phi) is 7.39. The standard InChI is InChI=1S/C18H28N2O6S/c1-17(2,3)25-15(21)14(12-13-10-8-7-9-11-13)19-27(23,24)20-16(22)26-18(4,5)6/h7-11,14,19H,12H2,1-6H3,(H,20,22). The molecule has 0 saturated heterocycles. The number of carbonyl (C=O) groups is 2. The molecule has 0 aliphatic heterocycles. The monoisotopic (exact) mass is 400 g/mol. The van der Waals surface area contributed by atoms with Crippen molar-refractivity contribution in [1.82, 2.24) is 9.44 Å². The average molecular weight is 400 g/mol. The molecule has 1 unspecified atom stereocenters. The van der Waals surface area contributed by atoms with Crippen molar-refractivity contribution in [3.05, 3.63) is 35.9 Å². The van der Waals surface area contributed by atoms with Crippen LogP contribution in [0.1, 0.15) is 47.1 Å². The van der Waals surface area contributed by atoms with Crippen molar-refractivity contribution < 1.29 is 27.5 Å². The van der Waals surface area contributed by atoms with Crippen LogP contribution in [0.15, 0.2) is 30.3 Å². The van der Waals surface area contributed by atoms with E-state index in [2.05, 4.69) is 4.72 Å². The van der Waals surface area contributed by atoms with E-state index in [1.54, 1.807) is 76.6 Å². The van der Waals surface area contributed by atoms with Crippen molar-refractivity contribution in [2.24, 2.45) is 0 Å². The first-order valence-corrected chi connectivity index (χ1v) is 9.95. The van der Waals surface area contributed by atoms with Crippen LogP contribution in [0.2, 0.25) is 0 Å². The number of rotatable bonds is 6. The van der Waals surface area contributed by atoms with Crippen LogP contribution in [-0.2, 0) is 30.9 Å². The van der Waals surface area contributed by atoms with Gasteiger partial charge in [-0.3, -0.25) is 4.79 Å². The zero-order valence-electron chi connectivity index (χ0n) is 16.5. The Morgan fingerprint density at radius 2 is 1.48 bits per heavy atom. The van der Waals surface area contributed by atoms with Gasteiger partial charge < -0.3 is 9.47 Å². The minimum absolute atomic E-state index is 0.0605. The first-order chi connectivity index (χ1) is 12.2. The van der Waals surface area contributed by atoms with E-state index in [1.807, 2.05) is 0 Å². The fraction of sp³-hybridized carbons (Fsp3) is 0.556. The fourth-order valence-corrected chi connectivity index (χ4v) is 2.90. The average Bonchev–Trinajstić information content (AvgIpc) is 2.42. The van der Waals surface area contributed by atoms with Crippen molar-refractivity contribution in [1.29, 1.82) is 0 Å². The van der Waals surface area contributed by atoms with E-state index < -0.39 is 39.5 Å². The number of hydrogen-bond acceptors (Lipinski definition) is 6. The molecule has 1 aromatic rings. The minimum atomic E-state index is -4.35. The summed E-state index contributed by atoms with van der Waals surface area (Å²) in [6, 6.07) is 7.65. The van der Waals surface area contributed by atoms with Gasteiger partial charge in [-0.05, 0) is 53.5 Å². The van der Waals surface area contributed by atoms with Gasteiger partial charge in [0.1, 0.15) is 17.2 Å². The summed E-state index contributed by atoms with van der Waals surface area (Å²) < 4.78 is 38.7. The Morgan fingerprint density at radius 1 is 0.963 bits per heavy atom. The molecule has 152 valence electrons. The minimum Gasteiger partial charge on any atom is -0.459 e. The number of nitrogens with one attached hydrogen (secondary N) is 2. The predicted octanol–water partition coefficient (Wildman–Crippen LogP) is 2.30. The molecule has 0 aromatic heterocycles. The lowest BCUT2D eigenvalue weighted by Gasteiger charge is -2.25. The van der Waals surface area contributed by atoms with Gasteiger partial charge in [-0.15, -0.1) is 0 Å². The summed E-state index contributed by atoms with van der Waals surface area (Å²) in [5.41, 5.74) is -0.933. The maximum Gasteiger partial charge on any atom is 0.422 e. The Morgan fingerprint density at radius 3 is 1.96 bits per heavy atom. The lowest BCUT2D eigenvalue weighted by atomic mass is 10.1. The van der Waals surface area contributed by atoms with E-state index in [0.29, 0.717) is 0 Å². The normalized spacial score (nSPS) is 13.6. The second kappa shape index (κ2) is 8.71. The van der Waals surface area contributed by atoms with Crippen LogP contribution >= 0.6 is 0 Å². The van der Waals surface area contributed by atoms with E-state index in [0.717, 1.165) is 5.56 Å². The van der Waals surface area contributed by atoms with Crippen molar-refractivity contribution >= 4 is 22.3 Å². The van der Waals surface area contributed by atoms with Gasteiger partial charge in [0.25, 0.3) is 0 Å². The molecular weight excluding hydrogens is 372 g/mol. The van der Waals surface area contributed by atoms with Gasteiger partial charge in [0.05, 0.1) is 0 Å². The van der Waals surface area contributed by atoms with Crippen molar-refractivity contribution in [3.63, 3.8) is 0 Å². The van der Waals surface area contributed by atoms with Crippen LogP contribution in [0, 0.1) is 0 Å². The van der Waals surface area contributed by atoms with Crippen molar-refractivity contribution in [2.75, 3.05) is 0 Å². The van der Waals surface area contributed by atoms with Gasteiger partial charge in [-0.25, -0.2) is 9.52 Å². The molecule has 1 amide bonds. The number of amides is 1. The topological polar surface area (TPSA) is 111 Å². The second-order valence-electron chi connectivity index (χ2n) is 8.00. The molecule has 0 aliphatic carbocycles. The number of benzene rings is 1. The quantitative estimate of drug-likeness (QED) is 0.709. The van der Waals surface area contributed by atoms with Crippen LogP contribution in [0.25, 0.3) is 0 Å². The molecule has 1 rings (SSSR count). The maximum atomic E-state index is 12.5. The Bertz CT molecular complexity index is 748. The van der Waals surface area contributed by atoms with E-state index in [4.69, 9.17) is 9.47 Å². The van der Waals surface area contributed by atoms with Gasteiger partial charge in [0, 0.05) is 0 Å². The molecule has 0 spiro atoms. The lowest BCUT2D eigenvalue weighted by molar-refractivity contribution is -0.156. The van der Waals surface area contributed by atoms with Crippen LogP contribution in [-0.4, -0.2) is 37.7 Å². The number of esters is 1. The molecule has 8 nitrogen and oxygen atoms in total. The first-order valence-electron chi connectivity index (χ1n) is 8.47. The summed E-state index contributed by atoms with van der Waals surface area (Å²) in [6.45, 7) is 9.84. The van der Waals surface area contributed by atoms with Crippen molar-refractivity contribution in [2.45, 2.75) is 65.2 Å². The summed E-state index contributed by atoms with van der Waals surface area (Å²) in [7, 11) is -4.35. The highest BCUT2D eigenvalue weighted by Gasteiger charge is 2.31. The van der Waals surface area contributed by atoms with Crippen LogP contribution in [0.3, 0.4) is 0 Å². The van der Waals surface area contributed by atoms with Crippen molar-refractivity contribution in [3.8, 4) is 0 Å². The molecule has 0 fully saturated rings. The first kappa shape index (κ1) is 22.9. The molecule has 0 saturated carbocycles.